The van der Waals surface area contributed by atoms with Crippen molar-refractivity contribution in [2.45, 2.75) is 11.1 Å². The fraction of sp³-hybridized carbons (Fsp3) is 0.333. The normalized spacial score (nSPS) is 15.7. The molecule has 1 aliphatic rings. The minimum absolute atomic E-state index is 0.173. The number of carbonyl (C=O) groups excluding carboxylic acids is 1. The number of para-hydroxylation sites is 1. The molecule has 3 heterocycles. The van der Waals surface area contributed by atoms with E-state index in [4.69, 9.17) is 0 Å². The number of piperazine rings is 1. The number of hydrogen-bond donors (Lipinski definition) is 2. The van der Waals surface area contributed by atoms with Gasteiger partial charge in [0.1, 0.15) is 9.90 Å². The SMILES string of the molecule is Cc1c(NC(=O)C[NH+]2CCN(S(=O)(=O)c3cccs3)CC2)c(=O)n(-c2ccccc2)n1C. The number of carbonyl (C=O) groups is 1. The molecule has 4 rings (SSSR count). The number of thiophene rings is 1. The summed E-state index contributed by atoms with van der Waals surface area (Å²) in [6.07, 6.45) is 0. The zero-order chi connectivity index (χ0) is 22.9. The Labute approximate surface area is 190 Å². The molecule has 0 bridgehead atoms. The summed E-state index contributed by atoms with van der Waals surface area (Å²) in [5.74, 6) is -0.263. The van der Waals surface area contributed by atoms with Crippen LogP contribution in [0.2, 0.25) is 0 Å². The Morgan fingerprint density at radius 1 is 1.12 bits per heavy atom. The summed E-state index contributed by atoms with van der Waals surface area (Å²) in [4.78, 5) is 26.6. The highest BCUT2D eigenvalue weighted by atomic mass is 32.2. The summed E-state index contributed by atoms with van der Waals surface area (Å²) in [6.45, 7) is 3.73. The first-order valence-electron chi connectivity index (χ1n) is 10.3. The van der Waals surface area contributed by atoms with Gasteiger partial charge in [0, 0.05) is 7.05 Å². The van der Waals surface area contributed by atoms with E-state index in [0.29, 0.717) is 36.1 Å². The first-order chi connectivity index (χ1) is 15.3. The van der Waals surface area contributed by atoms with E-state index in [1.165, 1.54) is 20.3 Å². The monoisotopic (exact) mass is 476 g/mol. The number of quaternary nitrogens is 1. The summed E-state index contributed by atoms with van der Waals surface area (Å²) < 4.78 is 30.4. The van der Waals surface area contributed by atoms with Crippen molar-refractivity contribution in [2.24, 2.45) is 7.05 Å². The number of amides is 1. The number of rotatable bonds is 6. The summed E-state index contributed by atoms with van der Waals surface area (Å²) in [6, 6.07) is 12.6. The first kappa shape index (κ1) is 22.5. The zero-order valence-corrected chi connectivity index (χ0v) is 19.6. The zero-order valence-electron chi connectivity index (χ0n) is 17.9. The predicted octanol–water partition coefficient (Wildman–Crippen LogP) is 0.0738. The Morgan fingerprint density at radius 2 is 1.81 bits per heavy atom. The molecule has 11 heteroatoms. The van der Waals surface area contributed by atoms with Gasteiger partial charge in [0.15, 0.2) is 6.54 Å². The lowest BCUT2D eigenvalue weighted by molar-refractivity contribution is -0.895. The van der Waals surface area contributed by atoms with E-state index >= 15 is 0 Å². The van der Waals surface area contributed by atoms with Crippen molar-refractivity contribution in [2.75, 3.05) is 38.0 Å². The third-order valence-electron chi connectivity index (χ3n) is 5.75. The van der Waals surface area contributed by atoms with Gasteiger partial charge in [0.2, 0.25) is 0 Å². The lowest BCUT2D eigenvalue weighted by Crippen LogP contribution is -3.15. The molecule has 1 aromatic carbocycles. The van der Waals surface area contributed by atoms with Crippen LogP contribution in [-0.2, 0) is 21.9 Å². The molecule has 32 heavy (non-hydrogen) atoms. The summed E-state index contributed by atoms with van der Waals surface area (Å²) in [5, 5.41) is 4.52. The van der Waals surface area contributed by atoms with Gasteiger partial charge in [-0.3, -0.25) is 14.3 Å². The van der Waals surface area contributed by atoms with Gasteiger partial charge in [-0.05, 0) is 30.5 Å². The van der Waals surface area contributed by atoms with Crippen LogP contribution in [0.1, 0.15) is 5.69 Å². The van der Waals surface area contributed by atoms with Gasteiger partial charge in [-0.15, -0.1) is 11.3 Å². The number of sulfonamides is 1. The molecule has 9 nitrogen and oxygen atoms in total. The van der Waals surface area contributed by atoms with Gasteiger partial charge in [0.25, 0.3) is 21.5 Å². The third kappa shape index (κ3) is 4.29. The maximum absolute atomic E-state index is 13.0. The van der Waals surface area contributed by atoms with E-state index in [9.17, 15) is 18.0 Å². The molecule has 0 aliphatic carbocycles. The number of benzene rings is 1. The fourth-order valence-corrected chi connectivity index (χ4v) is 6.47. The number of nitrogens with one attached hydrogen (secondary N) is 2. The quantitative estimate of drug-likeness (QED) is 0.526. The van der Waals surface area contributed by atoms with Crippen molar-refractivity contribution in [1.82, 2.24) is 13.7 Å². The Kier molecular flexibility index (Phi) is 6.33. The number of hydrogen-bond acceptors (Lipinski definition) is 5. The molecule has 0 atom stereocenters. The topological polar surface area (TPSA) is 97.9 Å². The average molecular weight is 477 g/mol. The van der Waals surface area contributed by atoms with Gasteiger partial charge in [-0.25, -0.2) is 13.1 Å². The Hall–Kier alpha value is -2.73. The minimum Gasteiger partial charge on any atom is -0.325 e. The molecule has 0 spiro atoms. The predicted molar refractivity (Wildman–Crippen MR) is 123 cm³/mol. The maximum atomic E-state index is 13.0. The highest BCUT2D eigenvalue weighted by Crippen LogP contribution is 2.20. The van der Waals surface area contributed by atoms with Gasteiger partial charge in [0.05, 0.1) is 37.6 Å². The lowest BCUT2D eigenvalue weighted by Gasteiger charge is -2.30. The molecule has 1 saturated heterocycles. The molecule has 3 aromatic rings. The lowest BCUT2D eigenvalue weighted by atomic mass is 10.3. The third-order valence-corrected chi connectivity index (χ3v) is 9.02. The van der Waals surface area contributed by atoms with Gasteiger partial charge in [-0.2, -0.15) is 4.31 Å². The van der Waals surface area contributed by atoms with Crippen molar-refractivity contribution in [1.29, 1.82) is 0 Å². The Morgan fingerprint density at radius 3 is 2.44 bits per heavy atom. The van der Waals surface area contributed by atoms with Crippen LogP contribution < -0.4 is 15.8 Å². The van der Waals surface area contributed by atoms with Gasteiger partial charge in [-0.1, -0.05) is 24.3 Å². The molecular formula is C21H26N5O4S2+. The van der Waals surface area contributed by atoms with E-state index in [-0.39, 0.29) is 23.7 Å². The molecule has 0 saturated carbocycles. The van der Waals surface area contributed by atoms with E-state index < -0.39 is 10.0 Å². The standard InChI is InChI=1S/C21H25N5O4S2/c1-16-20(21(28)26(23(16)2)17-7-4-3-5-8-17)22-18(27)15-24-10-12-25(13-11-24)32(29,30)19-9-6-14-31-19/h3-9,14H,10-13,15H2,1-2H3,(H,22,27)/p+1. The molecule has 170 valence electrons. The summed E-state index contributed by atoms with van der Waals surface area (Å²) >= 11 is 1.21. The van der Waals surface area contributed by atoms with E-state index in [1.54, 1.807) is 36.2 Å². The highest BCUT2D eigenvalue weighted by molar-refractivity contribution is 7.91. The van der Waals surface area contributed by atoms with Crippen LogP contribution in [0.15, 0.2) is 56.8 Å². The van der Waals surface area contributed by atoms with Crippen LogP contribution in [0.4, 0.5) is 5.69 Å². The molecular weight excluding hydrogens is 450 g/mol. The van der Waals surface area contributed by atoms with E-state index in [2.05, 4.69) is 5.32 Å². The second-order valence-corrected chi connectivity index (χ2v) is 10.9. The van der Waals surface area contributed by atoms with E-state index in [0.717, 1.165) is 10.6 Å². The van der Waals surface area contributed by atoms with Crippen LogP contribution >= 0.6 is 11.3 Å². The summed E-state index contributed by atoms with van der Waals surface area (Å²) in [5.41, 5.74) is 1.36. The first-order valence-corrected chi connectivity index (χ1v) is 12.6. The maximum Gasteiger partial charge on any atom is 0.295 e. The van der Waals surface area contributed by atoms with Crippen molar-refractivity contribution in [3.8, 4) is 5.69 Å². The number of aromatic nitrogens is 2. The molecule has 0 unspecified atom stereocenters. The summed E-state index contributed by atoms with van der Waals surface area (Å²) in [7, 11) is -1.69. The van der Waals surface area contributed by atoms with Gasteiger partial charge >= 0.3 is 0 Å². The van der Waals surface area contributed by atoms with Crippen molar-refractivity contribution in [3.63, 3.8) is 0 Å². The smallest absolute Gasteiger partial charge is 0.295 e. The van der Waals surface area contributed by atoms with Crippen LogP contribution in [0.25, 0.3) is 5.69 Å². The number of nitrogens with zero attached hydrogens (tertiary/aromatic N) is 3. The van der Waals surface area contributed by atoms with E-state index in [1.807, 2.05) is 30.3 Å². The second kappa shape index (κ2) is 9.02. The molecule has 2 aromatic heterocycles. The fourth-order valence-electron chi connectivity index (χ4n) is 3.88. The average Bonchev–Trinajstić information content (AvgIpc) is 3.40. The van der Waals surface area contributed by atoms with Crippen molar-refractivity contribution in [3.05, 3.63) is 63.9 Å². The second-order valence-electron chi connectivity index (χ2n) is 7.75. The highest BCUT2D eigenvalue weighted by Gasteiger charge is 2.32. The van der Waals surface area contributed by atoms with Crippen LogP contribution in [0.5, 0.6) is 0 Å². The molecule has 1 fully saturated rings. The van der Waals surface area contributed by atoms with Crippen LogP contribution in [0, 0.1) is 6.92 Å². The van der Waals surface area contributed by atoms with Gasteiger partial charge < -0.3 is 10.2 Å². The largest absolute Gasteiger partial charge is 0.325 e. The number of anilines is 1. The minimum atomic E-state index is -3.47. The molecule has 1 aliphatic heterocycles. The molecule has 2 N–H and O–H groups in total. The molecule has 1 amide bonds. The van der Waals surface area contributed by atoms with Crippen molar-refractivity contribution < 1.29 is 18.1 Å². The Balaban J connectivity index is 1.40. The van der Waals surface area contributed by atoms with Crippen molar-refractivity contribution >= 4 is 33.0 Å². The van der Waals surface area contributed by atoms with Crippen LogP contribution in [-0.4, -0.2) is 60.7 Å². The van der Waals surface area contributed by atoms with Crippen LogP contribution in [0.3, 0.4) is 0 Å². The molecule has 0 radical (unpaired) electrons. The Bertz CT molecular complexity index is 1260.